The molecular weight excluding hydrogens is 336 g/mol. The molecule has 0 bridgehead atoms. The summed E-state index contributed by atoms with van der Waals surface area (Å²) in [7, 11) is -3.93. The van der Waals surface area contributed by atoms with E-state index in [9.17, 15) is 10.2 Å². The van der Waals surface area contributed by atoms with E-state index in [0.717, 1.165) is 0 Å². The molecule has 6 heteroatoms. The first-order valence-corrected chi connectivity index (χ1v) is 15.0. The van der Waals surface area contributed by atoms with Crippen molar-refractivity contribution in [3.05, 3.63) is 0 Å². The molecule has 0 amide bonds. The van der Waals surface area contributed by atoms with Crippen LogP contribution in [0.25, 0.3) is 0 Å². The third-order valence-electron chi connectivity index (χ3n) is 6.31. The molecule has 0 aromatic rings. The van der Waals surface area contributed by atoms with Crippen LogP contribution in [0.4, 0.5) is 0 Å². The Bertz CT molecular complexity index is 386. The van der Waals surface area contributed by atoms with Gasteiger partial charge in [-0.05, 0) is 36.3 Å². The summed E-state index contributed by atoms with van der Waals surface area (Å²) in [4.78, 5) is 0. The van der Waals surface area contributed by atoms with Crippen molar-refractivity contribution in [1.29, 1.82) is 0 Å². The van der Waals surface area contributed by atoms with E-state index in [0.29, 0.717) is 12.8 Å². The van der Waals surface area contributed by atoms with E-state index >= 15 is 0 Å². The van der Waals surface area contributed by atoms with E-state index < -0.39 is 28.8 Å². The zero-order chi connectivity index (χ0) is 19.1. The van der Waals surface area contributed by atoms with Gasteiger partial charge in [0.2, 0.25) is 0 Å². The van der Waals surface area contributed by atoms with E-state index in [1.165, 1.54) is 0 Å². The Morgan fingerprint density at radius 2 is 0.958 bits per heavy atom. The molecule has 1 aliphatic carbocycles. The van der Waals surface area contributed by atoms with E-state index in [1.807, 2.05) is 0 Å². The Hall–Kier alpha value is 0.274. The molecule has 0 radical (unpaired) electrons. The fourth-order valence-electron chi connectivity index (χ4n) is 2.46. The zero-order valence-electron chi connectivity index (χ0n) is 17.4. The minimum absolute atomic E-state index is 0.0958. The van der Waals surface area contributed by atoms with Gasteiger partial charge in [-0.25, -0.2) is 0 Å². The van der Waals surface area contributed by atoms with Crippen LogP contribution in [-0.2, 0) is 8.85 Å². The summed E-state index contributed by atoms with van der Waals surface area (Å²) in [5, 5.41) is 21.1. The first-order valence-electron chi connectivity index (χ1n) is 9.20. The Balaban J connectivity index is 2.88. The molecule has 144 valence electrons. The lowest BCUT2D eigenvalue weighted by Crippen LogP contribution is -2.56. The van der Waals surface area contributed by atoms with Gasteiger partial charge in [0.1, 0.15) is 0 Å². The second-order valence-electron chi connectivity index (χ2n) is 10.4. The normalized spacial score (nSPS) is 30.5. The lowest BCUT2D eigenvalue weighted by molar-refractivity contribution is -0.0979. The molecule has 1 rings (SSSR count). The monoisotopic (exact) mass is 376 g/mol. The van der Waals surface area contributed by atoms with Gasteiger partial charge in [-0.3, -0.25) is 0 Å². The molecule has 0 aromatic carbocycles. The maximum Gasteiger partial charge on any atom is 0.192 e. The molecule has 0 aliphatic heterocycles. The Labute approximate surface area is 151 Å². The molecule has 2 N–H and O–H groups in total. The summed E-state index contributed by atoms with van der Waals surface area (Å²) in [6.07, 6.45) is -0.824. The second kappa shape index (κ2) is 7.12. The lowest BCUT2D eigenvalue weighted by Gasteiger charge is -2.47. The lowest BCUT2D eigenvalue weighted by atomic mass is 9.90. The van der Waals surface area contributed by atoms with Crippen LogP contribution in [0.3, 0.4) is 0 Å². The summed E-state index contributed by atoms with van der Waals surface area (Å²) in [6.45, 7) is 22.0. The van der Waals surface area contributed by atoms with E-state index in [1.54, 1.807) is 0 Å². The standard InChI is InChI=1S/C18H40O4Si2/c1-17(2,3)23(7,8)21-15-12-16(14(20)11-13(15)19)22-24(9,10)18(4,5)6/h13-16,19-20H,11-12H2,1-10H3/t13-,14-,15-,16-/m1/s1. The smallest absolute Gasteiger partial charge is 0.192 e. The number of aliphatic hydroxyl groups is 2. The zero-order valence-corrected chi connectivity index (χ0v) is 19.4. The molecule has 1 saturated carbocycles. The molecule has 4 atom stereocenters. The summed E-state index contributed by atoms with van der Waals surface area (Å²) in [6, 6.07) is 0. The van der Waals surface area contributed by atoms with Crippen molar-refractivity contribution in [2.45, 2.75) is 115 Å². The van der Waals surface area contributed by atoms with Crippen molar-refractivity contribution in [2.75, 3.05) is 0 Å². The van der Waals surface area contributed by atoms with Crippen molar-refractivity contribution in [2.24, 2.45) is 0 Å². The van der Waals surface area contributed by atoms with Gasteiger partial charge in [-0.1, -0.05) is 41.5 Å². The Morgan fingerprint density at radius 3 is 1.21 bits per heavy atom. The summed E-state index contributed by atoms with van der Waals surface area (Å²) in [5.74, 6) is 0. The molecular formula is C18H40O4Si2. The number of rotatable bonds is 4. The van der Waals surface area contributed by atoms with Gasteiger partial charge in [0.15, 0.2) is 16.6 Å². The number of hydrogen-bond acceptors (Lipinski definition) is 4. The van der Waals surface area contributed by atoms with Crippen LogP contribution in [0.1, 0.15) is 54.4 Å². The average molecular weight is 377 g/mol. The predicted molar refractivity (Wildman–Crippen MR) is 105 cm³/mol. The summed E-state index contributed by atoms with van der Waals surface area (Å²) >= 11 is 0. The molecule has 1 aliphatic rings. The van der Waals surface area contributed by atoms with Gasteiger partial charge in [-0.2, -0.15) is 0 Å². The van der Waals surface area contributed by atoms with Crippen molar-refractivity contribution in [3.8, 4) is 0 Å². The molecule has 1 fully saturated rings. The van der Waals surface area contributed by atoms with Gasteiger partial charge in [0.05, 0.1) is 24.4 Å². The number of hydrogen-bond donors (Lipinski definition) is 2. The molecule has 0 saturated heterocycles. The topological polar surface area (TPSA) is 58.9 Å². The molecule has 0 unspecified atom stereocenters. The third kappa shape index (κ3) is 5.14. The van der Waals surface area contributed by atoms with E-state index in [2.05, 4.69) is 67.7 Å². The fraction of sp³-hybridized carbons (Fsp3) is 1.00. The van der Waals surface area contributed by atoms with Gasteiger partial charge in [0.25, 0.3) is 0 Å². The predicted octanol–water partition coefficient (Wildman–Crippen LogP) is 4.28. The number of aliphatic hydroxyl groups excluding tert-OH is 2. The maximum atomic E-state index is 10.4. The first-order chi connectivity index (χ1) is 10.5. The largest absolute Gasteiger partial charge is 0.411 e. The maximum absolute atomic E-state index is 10.4. The highest BCUT2D eigenvalue weighted by atomic mass is 28.4. The van der Waals surface area contributed by atoms with Crippen LogP contribution in [0.2, 0.25) is 36.3 Å². The minimum Gasteiger partial charge on any atom is -0.411 e. The van der Waals surface area contributed by atoms with Crippen LogP contribution in [-0.4, -0.2) is 51.3 Å². The molecule has 24 heavy (non-hydrogen) atoms. The van der Waals surface area contributed by atoms with Crippen LogP contribution in [0.15, 0.2) is 0 Å². The quantitative estimate of drug-likeness (QED) is 0.719. The second-order valence-corrected chi connectivity index (χ2v) is 20.0. The van der Waals surface area contributed by atoms with Gasteiger partial charge >= 0.3 is 0 Å². The van der Waals surface area contributed by atoms with Crippen LogP contribution < -0.4 is 0 Å². The van der Waals surface area contributed by atoms with Crippen LogP contribution in [0.5, 0.6) is 0 Å². The molecule has 0 heterocycles. The van der Waals surface area contributed by atoms with Crippen molar-refractivity contribution in [3.63, 3.8) is 0 Å². The third-order valence-corrected chi connectivity index (χ3v) is 15.3. The fourth-order valence-corrected chi connectivity index (χ4v) is 5.19. The van der Waals surface area contributed by atoms with Crippen LogP contribution in [0, 0.1) is 0 Å². The van der Waals surface area contributed by atoms with Gasteiger partial charge in [0, 0.05) is 12.8 Å². The molecule has 0 aromatic heterocycles. The Morgan fingerprint density at radius 1 is 0.667 bits per heavy atom. The van der Waals surface area contributed by atoms with Crippen molar-refractivity contribution >= 4 is 16.6 Å². The van der Waals surface area contributed by atoms with Crippen molar-refractivity contribution in [1.82, 2.24) is 0 Å². The average Bonchev–Trinajstić information content (AvgIpc) is 2.31. The minimum atomic E-state index is -1.97. The highest BCUT2D eigenvalue weighted by Crippen LogP contribution is 2.42. The van der Waals surface area contributed by atoms with E-state index in [-0.39, 0.29) is 22.3 Å². The van der Waals surface area contributed by atoms with Gasteiger partial charge < -0.3 is 19.1 Å². The van der Waals surface area contributed by atoms with Crippen LogP contribution >= 0.6 is 0 Å². The Kier molecular flexibility index (Phi) is 6.62. The highest BCUT2D eigenvalue weighted by molar-refractivity contribution is 6.74. The van der Waals surface area contributed by atoms with Gasteiger partial charge in [-0.15, -0.1) is 0 Å². The first kappa shape index (κ1) is 22.3. The summed E-state index contributed by atoms with van der Waals surface area (Å²) in [5.41, 5.74) is 0. The summed E-state index contributed by atoms with van der Waals surface area (Å²) < 4.78 is 12.9. The molecule has 4 nitrogen and oxygen atoms in total. The molecule has 0 spiro atoms. The highest BCUT2D eigenvalue weighted by Gasteiger charge is 2.47. The van der Waals surface area contributed by atoms with Crippen molar-refractivity contribution < 1.29 is 19.1 Å². The SMILES string of the molecule is CC(C)(C)[Si](C)(C)O[C@@H]1C[C@@H](O[Si](C)(C)C(C)(C)C)[C@H](O)C[C@H]1O. The van der Waals surface area contributed by atoms with E-state index in [4.69, 9.17) is 8.85 Å².